The van der Waals surface area contributed by atoms with Crippen LogP contribution in [0.15, 0.2) is 24.3 Å². The van der Waals surface area contributed by atoms with Gasteiger partial charge in [-0.05, 0) is 30.4 Å². The highest BCUT2D eigenvalue weighted by Crippen LogP contribution is 2.24. The van der Waals surface area contributed by atoms with E-state index in [4.69, 9.17) is 0 Å². The summed E-state index contributed by atoms with van der Waals surface area (Å²) in [7, 11) is 0. The molecule has 1 amide bonds. The molecule has 0 aromatic heterocycles. The van der Waals surface area contributed by atoms with Gasteiger partial charge in [-0.2, -0.15) is 0 Å². The highest BCUT2D eigenvalue weighted by atomic mass is 16.2. The number of carbonyl (C=O) groups excluding carboxylic acids is 1. The summed E-state index contributed by atoms with van der Waals surface area (Å²) in [6.07, 6.45) is 2.12. The monoisotopic (exact) mass is 274 g/mol. The lowest BCUT2D eigenvalue weighted by atomic mass is 9.93. The van der Waals surface area contributed by atoms with Crippen molar-refractivity contribution in [2.45, 2.75) is 39.7 Å². The SMILES string of the molecule is CCC(C)CN(CC)C(=O)C1NCCc2ccccc21. The minimum Gasteiger partial charge on any atom is -0.341 e. The smallest absolute Gasteiger partial charge is 0.244 e. The van der Waals surface area contributed by atoms with Gasteiger partial charge < -0.3 is 10.2 Å². The molecule has 0 fully saturated rings. The Balaban J connectivity index is 2.16. The van der Waals surface area contributed by atoms with E-state index in [1.807, 2.05) is 11.0 Å². The zero-order valence-electron chi connectivity index (χ0n) is 12.9. The van der Waals surface area contributed by atoms with Crippen LogP contribution in [0.1, 0.15) is 44.4 Å². The first kappa shape index (κ1) is 15.0. The number of amides is 1. The number of fused-ring (bicyclic) bond motifs is 1. The van der Waals surface area contributed by atoms with Crippen LogP contribution in [-0.4, -0.2) is 30.4 Å². The van der Waals surface area contributed by atoms with Gasteiger partial charge in [-0.3, -0.25) is 4.79 Å². The average molecular weight is 274 g/mol. The molecule has 0 saturated carbocycles. The predicted octanol–water partition coefficient (Wildman–Crippen LogP) is 2.77. The van der Waals surface area contributed by atoms with E-state index >= 15 is 0 Å². The molecule has 0 bridgehead atoms. The standard InChI is InChI=1S/C17H26N2O/c1-4-13(3)12-19(5-2)17(20)16-15-9-7-6-8-14(15)10-11-18-16/h6-9,13,16,18H,4-5,10-12H2,1-3H3. The number of carbonyl (C=O) groups is 1. The summed E-state index contributed by atoms with van der Waals surface area (Å²) in [5.74, 6) is 0.776. The van der Waals surface area contributed by atoms with E-state index in [2.05, 4.69) is 44.3 Å². The lowest BCUT2D eigenvalue weighted by Gasteiger charge is -2.32. The van der Waals surface area contributed by atoms with Crippen LogP contribution in [0.4, 0.5) is 0 Å². The minimum absolute atomic E-state index is 0.163. The van der Waals surface area contributed by atoms with E-state index in [9.17, 15) is 4.79 Å². The third-order valence-electron chi connectivity index (χ3n) is 4.28. The molecular weight excluding hydrogens is 248 g/mol. The fraction of sp³-hybridized carbons (Fsp3) is 0.588. The summed E-state index contributed by atoms with van der Waals surface area (Å²) in [6.45, 7) is 8.97. The van der Waals surface area contributed by atoms with E-state index < -0.39 is 0 Å². The van der Waals surface area contributed by atoms with Gasteiger partial charge >= 0.3 is 0 Å². The van der Waals surface area contributed by atoms with Crippen LogP contribution in [0.3, 0.4) is 0 Å². The Morgan fingerprint density at radius 3 is 2.85 bits per heavy atom. The summed E-state index contributed by atoms with van der Waals surface area (Å²) in [5, 5.41) is 3.39. The number of hydrogen-bond donors (Lipinski definition) is 1. The van der Waals surface area contributed by atoms with Gasteiger partial charge in [-0.15, -0.1) is 0 Å². The molecule has 0 radical (unpaired) electrons. The van der Waals surface area contributed by atoms with Gasteiger partial charge in [-0.25, -0.2) is 0 Å². The van der Waals surface area contributed by atoms with E-state index in [1.165, 1.54) is 5.56 Å². The summed E-state index contributed by atoms with van der Waals surface area (Å²) in [5.41, 5.74) is 2.47. The molecule has 0 saturated heterocycles. The minimum atomic E-state index is -0.163. The number of rotatable bonds is 5. The highest BCUT2D eigenvalue weighted by Gasteiger charge is 2.29. The fourth-order valence-electron chi connectivity index (χ4n) is 2.79. The van der Waals surface area contributed by atoms with Crippen molar-refractivity contribution in [3.8, 4) is 0 Å². The van der Waals surface area contributed by atoms with Crippen molar-refractivity contribution in [3.63, 3.8) is 0 Å². The first-order valence-electron chi connectivity index (χ1n) is 7.77. The molecule has 2 unspecified atom stereocenters. The quantitative estimate of drug-likeness (QED) is 0.895. The highest BCUT2D eigenvalue weighted by molar-refractivity contribution is 5.84. The Labute approximate surface area is 122 Å². The number of likely N-dealkylation sites (N-methyl/N-ethyl adjacent to an activating group) is 1. The summed E-state index contributed by atoms with van der Waals surface area (Å²) in [4.78, 5) is 14.8. The topological polar surface area (TPSA) is 32.3 Å². The van der Waals surface area contributed by atoms with E-state index in [0.29, 0.717) is 5.92 Å². The summed E-state index contributed by atoms with van der Waals surface area (Å²) >= 11 is 0. The second-order valence-corrected chi connectivity index (χ2v) is 5.73. The normalized spacial score (nSPS) is 19.2. The maximum atomic E-state index is 12.8. The van der Waals surface area contributed by atoms with E-state index in [0.717, 1.165) is 38.0 Å². The van der Waals surface area contributed by atoms with Crippen molar-refractivity contribution in [1.29, 1.82) is 0 Å². The molecule has 1 aromatic carbocycles. The van der Waals surface area contributed by atoms with Crippen molar-refractivity contribution in [2.24, 2.45) is 5.92 Å². The third-order valence-corrected chi connectivity index (χ3v) is 4.28. The van der Waals surface area contributed by atoms with E-state index in [-0.39, 0.29) is 11.9 Å². The Bertz CT molecular complexity index is 458. The van der Waals surface area contributed by atoms with Gasteiger partial charge in [0.1, 0.15) is 6.04 Å². The molecule has 2 atom stereocenters. The molecule has 0 spiro atoms. The van der Waals surface area contributed by atoms with Gasteiger partial charge in [0.05, 0.1) is 0 Å². The van der Waals surface area contributed by atoms with Gasteiger partial charge in [0, 0.05) is 19.6 Å². The Morgan fingerprint density at radius 2 is 2.15 bits per heavy atom. The Hall–Kier alpha value is -1.35. The summed E-state index contributed by atoms with van der Waals surface area (Å²) < 4.78 is 0. The second-order valence-electron chi connectivity index (χ2n) is 5.73. The zero-order valence-corrected chi connectivity index (χ0v) is 12.9. The number of benzene rings is 1. The molecular formula is C17H26N2O. The van der Waals surface area contributed by atoms with Crippen molar-refractivity contribution in [2.75, 3.05) is 19.6 Å². The summed E-state index contributed by atoms with van der Waals surface area (Å²) in [6, 6.07) is 8.14. The maximum absolute atomic E-state index is 12.8. The number of nitrogens with zero attached hydrogens (tertiary/aromatic N) is 1. The lowest BCUT2D eigenvalue weighted by Crippen LogP contribution is -2.45. The molecule has 2 rings (SSSR count). The zero-order chi connectivity index (χ0) is 14.5. The van der Waals surface area contributed by atoms with Crippen molar-refractivity contribution in [1.82, 2.24) is 10.2 Å². The molecule has 1 aromatic rings. The molecule has 20 heavy (non-hydrogen) atoms. The molecule has 3 heteroatoms. The van der Waals surface area contributed by atoms with Crippen molar-refractivity contribution in [3.05, 3.63) is 35.4 Å². The van der Waals surface area contributed by atoms with Crippen molar-refractivity contribution >= 4 is 5.91 Å². The fourth-order valence-corrected chi connectivity index (χ4v) is 2.79. The molecule has 1 heterocycles. The predicted molar refractivity (Wildman–Crippen MR) is 82.6 cm³/mol. The third kappa shape index (κ3) is 3.21. The first-order chi connectivity index (χ1) is 9.67. The maximum Gasteiger partial charge on any atom is 0.244 e. The van der Waals surface area contributed by atoms with Crippen LogP contribution < -0.4 is 5.32 Å². The molecule has 1 aliphatic rings. The van der Waals surface area contributed by atoms with Crippen LogP contribution in [0.5, 0.6) is 0 Å². The molecule has 110 valence electrons. The van der Waals surface area contributed by atoms with Gasteiger partial charge in [0.2, 0.25) is 5.91 Å². The van der Waals surface area contributed by atoms with Crippen LogP contribution in [-0.2, 0) is 11.2 Å². The largest absolute Gasteiger partial charge is 0.341 e. The molecule has 3 nitrogen and oxygen atoms in total. The van der Waals surface area contributed by atoms with Crippen molar-refractivity contribution < 1.29 is 4.79 Å². The van der Waals surface area contributed by atoms with Gasteiger partial charge in [-0.1, -0.05) is 44.5 Å². The Kier molecular flexibility index (Phi) is 5.18. The number of hydrogen-bond acceptors (Lipinski definition) is 2. The molecule has 0 aliphatic carbocycles. The molecule has 1 N–H and O–H groups in total. The van der Waals surface area contributed by atoms with Crippen LogP contribution in [0.2, 0.25) is 0 Å². The second kappa shape index (κ2) is 6.89. The van der Waals surface area contributed by atoms with Crippen LogP contribution in [0, 0.1) is 5.92 Å². The lowest BCUT2D eigenvalue weighted by molar-refractivity contribution is -0.134. The van der Waals surface area contributed by atoms with Gasteiger partial charge in [0.15, 0.2) is 0 Å². The average Bonchev–Trinajstić information content (AvgIpc) is 2.51. The Morgan fingerprint density at radius 1 is 1.40 bits per heavy atom. The first-order valence-corrected chi connectivity index (χ1v) is 7.77. The van der Waals surface area contributed by atoms with E-state index in [1.54, 1.807) is 0 Å². The number of nitrogens with one attached hydrogen (secondary N) is 1. The molecule has 1 aliphatic heterocycles. The van der Waals surface area contributed by atoms with Crippen LogP contribution >= 0.6 is 0 Å². The van der Waals surface area contributed by atoms with Crippen LogP contribution in [0.25, 0.3) is 0 Å². The van der Waals surface area contributed by atoms with Gasteiger partial charge in [0.25, 0.3) is 0 Å².